The average Bonchev–Trinajstić information content (AvgIpc) is 3.19. The third-order valence-corrected chi connectivity index (χ3v) is 11.2. The molecule has 1 aromatic carbocycles. The Morgan fingerprint density at radius 3 is 2.22 bits per heavy atom. The summed E-state index contributed by atoms with van der Waals surface area (Å²) in [5.74, 6) is 1.08. The maximum atomic E-state index is 13.8. The van der Waals surface area contributed by atoms with Crippen LogP contribution in [-0.4, -0.2) is 17.5 Å². The van der Waals surface area contributed by atoms with Gasteiger partial charge in [-0.1, -0.05) is 52.3 Å². The van der Waals surface area contributed by atoms with E-state index in [0.717, 1.165) is 17.5 Å². The fourth-order valence-electron chi connectivity index (χ4n) is 7.94. The second-order valence-corrected chi connectivity index (χ2v) is 12.7. The van der Waals surface area contributed by atoms with Gasteiger partial charge in [-0.25, -0.2) is 4.79 Å². The number of ether oxygens (including phenoxy) is 2. The number of benzene rings is 1. The van der Waals surface area contributed by atoms with Crippen LogP contribution >= 0.6 is 0 Å². The van der Waals surface area contributed by atoms with Crippen LogP contribution in [0.2, 0.25) is 0 Å². The van der Waals surface area contributed by atoms with Crippen LogP contribution < -0.4 is 4.74 Å². The van der Waals surface area contributed by atoms with E-state index < -0.39 is 22.4 Å². The largest absolute Gasteiger partial charge is 0.446 e. The molecule has 5 rings (SSSR count). The maximum absolute atomic E-state index is 13.8. The van der Waals surface area contributed by atoms with Gasteiger partial charge in [0.1, 0.15) is 5.75 Å². The van der Waals surface area contributed by atoms with Gasteiger partial charge in [-0.2, -0.15) is 0 Å². The van der Waals surface area contributed by atoms with Gasteiger partial charge < -0.3 is 9.47 Å². The highest BCUT2D eigenvalue weighted by atomic mass is 16.6. The molecule has 32 heavy (non-hydrogen) atoms. The molecule has 0 N–H and O–H groups in total. The molecule has 0 amide bonds. The molecule has 1 saturated heterocycles. The van der Waals surface area contributed by atoms with Crippen molar-refractivity contribution in [3.05, 3.63) is 28.8 Å². The van der Waals surface area contributed by atoms with Crippen LogP contribution in [0.1, 0.15) is 96.3 Å². The molecule has 174 valence electrons. The molecule has 0 unspecified atom stereocenters. The predicted molar refractivity (Wildman–Crippen MR) is 123 cm³/mol. The van der Waals surface area contributed by atoms with E-state index in [-0.39, 0.29) is 16.8 Å². The van der Waals surface area contributed by atoms with Crippen molar-refractivity contribution in [3.8, 4) is 5.75 Å². The summed E-state index contributed by atoms with van der Waals surface area (Å²) in [5, 5.41) is 0. The second kappa shape index (κ2) is 6.18. The summed E-state index contributed by atoms with van der Waals surface area (Å²) in [5.41, 5.74) is 1.34. The molecule has 3 aliphatic carbocycles. The van der Waals surface area contributed by atoms with Crippen molar-refractivity contribution in [2.24, 2.45) is 27.6 Å². The van der Waals surface area contributed by atoms with Gasteiger partial charge >= 0.3 is 11.9 Å². The van der Waals surface area contributed by atoms with Crippen LogP contribution in [0.3, 0.4) is 0 Å². The van der Waals surface area contributed by atoms with Gasteiger partial charge in [0.15, 0.2) is 0 Å². The lowest BCUT2D eigenvalue weighted by Gasteiger charge is -2.40. The lowest BCUT2D eigenvalue weighted by Crippen LogP contribution is -2.50. The Labute approximate surface area is 192 Å². The summed E-state index contributed by atoms with van der Waals surface area (Å²) in [4.78, 5) is 26.5. The zero-order valence-electron chi connectivity index (χ0n) is 21.0. The lowest BCUT2D eigenvalue weighted by atomic mass is 9.64. The molecular formula is C28H38O4. The van der Waals surface area contributed by atoms with Crippen LogP contribution in [0.15, 0.2) is 12.1 Å². The molecule has 5 atom stereocenters. The van der Waals surface area contributed by atoms with Crippen molar-refractivity contribution in [3.63, 3.8) is 0 Å². The van der Waals surface area contributed by atoms with E-state index in [9.17, 15) is 9.59 Å². The Balaban J connectivity index is 1.55. The lowest BCUT2D eigenvalue weighted by molar-refractivity contribution is -0.176. The first-order valence-electron chi connectivity index (χ1n) is 12.3. The standard InChI is InChI=1S/C28H38O4/c1-16-13-17(2)21(19(14-16)20-15-18-9-10-26(20,7)24(18,3)4)31-23(30)28-12-11-27(8,22(29)32-28)25(28,5)6/h13-14,18,20H,9-12,15H2,1-8H3/t18-,20-,26+,27-,28+/m0/s1. The third-order valence-electron chi connectivity index (χ3n) is 11.2. The molecule has 4 nitrogen and oxygen atoms in total. The number of carbonyl (C=O) groups is 2. The summed E-state index contributed by atoms with van der Waals surface area (Å²) in [6, 6.07) is 4.32. The number of rotatable bonds is 3. The minimum atomic E-state index is -1.20. The van der Waals surface area contributed by atoms with Crippen molar-refractivity contribution in [2.45, 2.75) is 99.0 Å². The summed E-state index contributed by atoms with van der Waals surface area (Å²) in [7, 11) is 0. The van der Waals surface area contributed by atoms with Gasteiger partial charge in [0.2, 0.25) is 5.60 Å². The molecular weight excluding hydrogens is 400 g/mol. The van der Waals surface area contributed by atoms with Crippen LogP contribution in [0.25, 0.3) is 0 Å². The Morgan fingerprint density at radius 1 is 1.03 bits per heavy atom. The SMILES string of the molecule is Cc1cc(C)c(OC(=O)[C@@]23CC[C@@](C)(C(=O)O2)C3(C)C)c([C@@H]2C[C@@H]3CC[C@@]2(C)C3(C)C)c1. The van der Waals surface area contributed by atoms with E-state index in [0.29, 0.717) is 30.4 Å². The molecule has 4 heteroatoms. The molecule has 4 bridgehead atoms. The minimum Gasteiger partial charge on any atom is -0.446 e. The number of fused-ring (bicyclic) bond motifs is 4. The first-order valence-corrected chi connectivity index (χ1v) is 12.3. The number of hydrogen-bond donors (Lipinski definition) is 0. The third kappa shape index (κ3) is 2.29. The zero-order chi connectivity index (χ0) is 23.5. The first-order chi connectivity index (χ1) is 14.7. The number of aryl methyl sites for hydroxylation is 2. The minimum absolute atomic E-state index is 0.183. The first kappa shape index (κ1) is 22.0. The fraction of sp³-hybridized carbons (Fsp3) is 0.714. The summed E-state index contributed by atoms with van der Waals surface area (Å²) >= 11 is 0. The van der Waals surface area contributed by atoms with E-state index >= 15 is 0 Å². The van der Waals surface area contributed by atoms with Crippen LogP contribution in [0, 0.1) is 41.4 Å². The van der Waals surface area contributed by atoms with Crippen molar-refractivity contribution >= 4 is 11.9 Å². The number of esters is 2. The van der Waals surface area contributed by atoms with Crippen LogP contribution in [-0.2, 0) is 14.3 Å². The average molecular weight is 439 g/mol. The van der Waals surface area contributed by atoms with E-state index in [1.165, 1.54) is 18.4 Å². The van der Waals surface area contributed by atoms with E-state index in [1.54, 1.807) is 0 Å². The molecule has 0 spiro atoms. The molecule has 4 fully saturated rings. The quantitative estimate of drug-likeness (QED) is 0.413. The molecule has 3 saturated carbocycles. The van der Waals surface area contributed by atoms with Crippen molar-refractivity contribution in [2.75, 3.05) is 0 Å². The van der Waals surface area contributed by atoms with Crippen molar-refractivity contribution in [1.82, 2.24) is 0 Å². The van der Waals surface area contributed by atoms with E-state index in [2.05, 4.69) is 39.8 Å². The van der Waals surface area contributed by atoms with Gasteiger partial charge in [0.25, 0.3) is 0 Å². The van der Waals surface area contributed by atoms with Gasteiger partial charge in [-0.3, -0.25) is 4.79 Å². The number of hydrogen-bond acceptors (Lipinski definition) is 4. The highest BCUT2D eigenvalue weighted by Crippen LogP contribution is 2.72. The van der Waals surface area contributed by atoms with Crippen LogP contribution in [0.5, 0.6) is 5.75 Å². The Morgan fingerprint density at radius 2 is 1.72 bits per heavy atom. The Bertz CT molecular complexity index is 1040. The van der Waals surface area contributed by atoms with Gasteiger partial charge in [0, 0.05) is 5.41 Å². The van der Waals surface area contributed by atoms with Gasteiger partial charge in [-0.05, 0) is 86.7 Å². The van der Waals surface area contributed by atoms with Crippen LogP contribution in [0.4, 0.5) is 0 Å². The molecule has 4 aliphatic rings. The molecule has 1 aromatic rings. The topological polar surface area (TPSA) is 52.6 Å². The Kier molecular flexibility index (Phi) is 4.25. The van der Waals surface area contributed by atoms with Crippen molar-refractivity contribution < 1.29 is 19.1 Å². The highest BCUT2D eigenvalue weighted by molar-refractivity contribution is 5.94. The summed E-state index contributed by atoms with van der Waals surface area (Å²) in [6.45, 7) is 17.3. The monoisotopic (exact) mass is 438 g/mol. The van der Waals surface area contributed by atoms with Gasteiger partial charge in [-0.15, -0.1) is 0 Å². The predicted octanol–water partition coefficient (Wildman–Crippen LogP) is 6.26. The Hall–Kier alpha value is -1.84. The molecule has 0 aromatic heterocycles. The van der Waals surface area contributed by atoms with Crippen molar-refractivity contribution in [1.29, 1.82) is 0 Å². The second-order valence-electron chi connectivity index (χ2n) is 12.7. The molecule has 1 heterocycles. The zero-order valence-corrected chi connectivity index (χ0v) is 21.0. The number of carbonyl (C=O) groups excluding carboxylic acids is 2. The maximum Gasteiger partial charge on any atom is 0.356 e. The smallest absolute Gasteiger partial charge is 0.356 e. The summed E-state index contributed by atoms with van der Waals surface area (Å²) < 4.78 is 12.1. The normalized spacial score (nSPS) is 40.6. The van der Waals surface area contributed by atoms with E-state index in [1.807, 2.05) is 27.7 Å². The fourth-order valence-corrected chi connectivity index (χ4v) is 7.94. The molecule has 1 aliphatic heterocycles. The van der Waals surface area contributed by atoms with E-state index in [4.69, 9.17) is 9.47 Å². The highest BCUT2D eigenvalue weighted by Gasteiger charge is 2.76. The van der Waals surface area contributed by atoms with Gasteiger partial charge in [0.05, 0.1) is 5.41 Å². The molecule has 0 radical (unpaired) electrons. The summed E-state index contributed by atoms with van der Waals surface area (Å²) in [6.07, 6.45) is 4.82.